The number of nitrogen functional groups attached to an aromatic ring is 1. The first-order chi connectivity index (χ1) is 9.29. The zero-order valence-corrected chi connectivity index (χ0v) is 12.3. The number of hydrogen-bond acceptors (Lipinski definition) is 5. The molecule has 0 radical (unpaired) electrons. The number of para-hydroxylation sites is 2. The van der Waals surface area contributed by atoms with E-state index in [-0.39, 0.29) is 12.2 Å². The third-order valence-corrected chi connectivity index (χ3v) is 3.85. The SMILES string of the molecule is CS(=O)(=O)CCCN(CCC(=O)O)c1ccccc1N. The summed E-state index contributed by atoms with van der Waals surface area (Å²) in [5, 5.41) is 8.78. The van der Waals surface area contributed by atoms with E-state index in [2.05, 4.69) is 0 Å². The van der Waals surface area contributed by atoms with Crippen molar-refractivity contribution in [3.05, 3.63) is 24.3 Å². The maximum absolute atomic E-state index is 11.1. The van der Waals surface area contributed by atoms with Crippen LogP contribution in [-0.4, -0.2) is 44.6 Å². The highest BCUT2D eigenvalue weighted by molar-refractivity contribution is 7.90. The number of benzene rings is 1. The summed E-state index contributed by atoms with van der Waals surface area (Å²) in [6.07, 6.45) is 1.60. The second kappa shape index (κ2) is 7.14. The van der Waals surface area contributed by atoms with Gasteiger partial charge in [-0.2, -0.15) is 0 Å². The number of anilines is 2. The lowest BCUT2D eigenvalue weighted by Gasteiger charge is -2.25. The normalized spacial score (nSPS) is 11.2. The molecule has 0 heterocycles. The smallest absolute Gasteiger partial charge is 0.305 e. The molecule has 1 rings (SSSR count). The highest BCUT2D eigenvalue weighted by Gasteiger charge is 2.12. The number of carboxylic acids is 1. The molecule has 0 spiro atoms. The first kappa shape index (κ1) is 16.3. The minimum absolute atomic E-state index is 0.0206. The summed E-state index contributed by atoms with van der Waals surface area (Å²) >= 11 is 0. The summed E-state index contributed by atoms with van der Waals surface area (Å²) < 4.78 is 22.3. The van der Waals surface area contributed by atoms with Crippen molar-refractivity contribution in [1.29, 1.82) is 0 Å². The van der Waals surface area contributed by atoms with Gasteiger partial charge in [-0.1, -0.05) is 12.1 Å². The lowest BCUT2D eigenvalue weighted by molar-refractivity contribution is -0.136. The minimum atomic E-state index is -3.02. The van der Waals surface area contributed by atoms with Gasteiger partial charge >= 0.3 is 5.97 Å². The van der Waals surface area contributed by atoms with Crippen molar-refractivity contribution in [3.8, 4) is 0 Å². The van der Waals surface area contributed by atoms with Gasteiger partial charge in [-0.3, -0.25) is 4.79 Å². The fraction of sp³-hybridized carbons (Fsp3) is 0.462. The molecule has 1 aromatic carbocycles. The molecule has 7 heteroatoms. The van der Waals surface area contributed by atoms with E-state index in [4.69, 9.17) is 10.8 Å². The van der Waals surface area contributed by atoms with Crippen LogP contribution < -0.4 is 10.6 Å². The van der Waals surface area contributed by atoms with Crippen molar-refractivity contribution in [3.63, 3.8) is 0 Å². The molecule has 0 aliphatic carbocycles. The molecule has 0 atom stereocenters. The topological polar surface area (TPSA) is 101 Å². The number of hydrogen-bond donors (Lipinski definition) is 2. The van der Waals surface area contributed by atoms with E-state index in [9.17, 15) is 13.2 Å². The molecule has 0 unspecified atom stereocenters. The Hall–Kier alpha value is -1.76. The van der Waals surface area contributed by atoms with Crippen LogP contribution in [0.5, 0.6) is 0 Å². The fourth-order valence-corrected chi connectivity index (χ4v) is 2.53. The number of sulfone groups is 1. The molecule has 20 heavy (non-hydrogen) atoms. The first-order valence-electron chi connectivity index (χ1n) is 6.28. The second-order valence-corrected chi connectivity index (χ2v) is 6.93. The van der Waals surface area contributed by atoms with Crippen molar-refractivity contribution in [1.82, 2.24) is 0 Å². The van der Waals surface area contributed by atoms with E-state index in [0.29, 0.717) is 25.2 Å². The van der Waals surface area contributed by atoms with Crippen LogP contribution in [-0.2, 0) is 14.6 Å². The standard InChI is InChI=1S/C13H20N2O4S/c1-20(18,19)10-4-8-15(9-7-13(16)17)12-6-3-2-5-11(12)14/h2-3,5-6H,4,7-10,14H2,1H3,(H,16,17). The minimum Gasteiger partial charge on any atom is -0.481 e. The summed E-state index contributed by atoms with van der Waals surface area (Å²) in [4.78, 5) is 12.5. The Morgan fingerprint density at radius 1 is 1.30 bits per heavy atom. The largest absolute Gasteiger partial charge is 0.481 e. The van der Waals surface area contributed by atoms with E-state index in [1.165, 1.54) is 6.26 Å². The molecule has 0 amide bonds. The summed E-state index contributed by atoms with van der Waals surface area (Å²) in [5.41, 5.74) is 7.17. The van der Waals surface area contributed by atoms with Crippen LogP contribution in [0.3, 0.4) is 0 Å². The van der Waals surface area contributed by atoms with Crippen LogP contribution in [0.2, 0.25) is 0 Å². The molecule has 6 nitrogen and oxygen atoms in total. The van der Waals surface area contributed by atoms with Crippen LogP contribution in [0.25, 0.3) is 0 Å². The Morgan fingerprint density at radius 3 is 2.50 bits per heavy atom. The first-order valence-corrected chi connectivity index (χ1v) is 8.34. The van der Waals surface area contributed by atoms with Gasteiger partial charge in [0.1, 0.15) is 9.84 Å². The highest BCUT2D eigenvalue weighted by atomic mass is 32.2. The number of aliphatic carboxylic acids is 1. The predicted octanol–water partition coefficient (Wildman–Crippen LogP) is 0.985. The van der Waals surface area contributed by atoms with Gasteiger partial charge in [0.15, 0.2) is 0 Å². The fourth-order valence-electron chi connectivity index (χ4n) is 1.88. The zero-order chi connectivity index (χ0) is 15.2. The molecule has 0 saturated carbocycles. The van der Waals surface area contributed by atoms with Gasteiger partial charge in [-0.25, -0.2) is 8.42 Å². The summed E-state index contributed by atoms with van der Waals surface area (Å²) in [6, 6.07) is 7.15. The lowest BCUT2D eigenvalue weighted by atomic mass is 10.2. The van der Waals surface area contributed by atoms with Gasteiger partial charge in [0.25, 0.3) is 0 Å². The van der Waals surface area contributed by atoms with Crippen molar-refractivity contribution in [2.45, 2.75) is 12.8 Å². The Bertz CT molecular complexity index is 557. The molecule has 0 aliphatic rings. The molecule has 0 saturated heterocycles. The van der Waals surface area contributed by atoms with E-state index in [0.717, 1.165) is 5.69 Å². The monoisotopic (exact) mass is 300 g/mol. The highest BCUT2D eigenvalue weighted by Crippen LogP contribution is 2.22. The number of rotatable bonds is 8. The number of nitrogens with zero attached hydrogens (tertiary/aromatic N) is 1. The Labute approximate surface area is 119 Å². The molecular formula is C13H20N2O4S. The molecule has 3 N–H and O–H groups in total. The maximum Gasteiger partial charge on any atom is 0.305 e. The number of nitrogens with two attached hydrogens (primary N) is 1. The third-order valence-electron chi connectivity index (χ3n) is 2.82. The Morgan fingerprint density at radius 2 is 1.95 bits per heavy atom. The van der Waals surface area contributed by atoms with Crippen LogP contribution in [0, 0.1) is 0 Å². The van der Waals surface area contributed by atoms with Gasteiger partial charge in [-0.15, -0.1) is 0 Å². The maximum atomic E-state index is 11.1. The zero-order valence-electron chi connectivity index (χ0n) is 11.4. The summed E-state index contributed by atoms with van der Waals surface area (Å²) in [6.45, 7) is 0.752. The van der Waals surface area contributed by atoms with Crippen molar-refractivity contribution in [2.75, 3.05) is 35.7 Å². The Balaban J connectivity index is 2.75. The van der Waals surface area contributed by atoms with E-state index in [1.54, 1.807) is 18.2 Å². The van der Waals surface area contributed by atoms with E-state index >= 15 is 0 Å². The van der Waals surface area contributed by atoms with Gasteiger partial charge in [0.05, 0.1) is 23.5 Å². The molecule has 0 fully saturated rings. The van der Waals surface area contributed by atoms with Gasteiger partial charge in [0, 0.05) is 19.3 Å². The average Bonchev–Trinajstić information content (AvgIpc) is 2.33. The van der Waals surface area contributed by atoms with Crippen molar-refractivity contribution in [2.24, 2.45) is 0 Å². The van der Waals surface area contributed by atoms with Crippen LogP contribution >= 0.6 is 0 Å². The van der Waals surface area contributed by atoms with Crippen LogP contribution in [0.4, 0.5) is 11.4 Å². The lowest BCUT2D eigenvalue weighted by Crippen LogP contribution is -2.29. The van der Waals surface area contributed by atoms with E-state index < -0.39 is 15.8 Å². The Kier molecular flexibility index (Phi) is 5.82. The van der Waals surface area contributed by atoms with Crippen LogP contribution in [0.15, 0.2) is 24.3 Å². The predicted molar refractivity (Wildman–Crippen MR) is 79.6 cm³/mol. The van der Waals surface area contributed by atoms with E-state index in [1.807, 2.05) is 11.0 Å². The number of carboxylic acid groups (broad SMARTS) is 1. The molecule has 0 aliphatic heterocycles. The van der Waals surface area contributed by atoms with Gasteiger partial charge in [0.2, 0.25) is 0 Å². The molecular weight excluding hydrogens is 280 g/mol. The molecule has 0 aromatic heterocycles. The van der Waals surface area contributed by atoms with Gasteiger partial charge < -0.3 is 15.7 Å². The average molecular weight is 300 g/mol. The second-order valence-electron chi connectivity index (χ2n) is 4.67. The van der Waals surface area contributed by atoms with Crippen LogP contribution in [0.1, 0.15) is 12.8 Å². The summed E-state index contributed by atoms with van der Waals surface area (Å²) in [5.74, 6) is -0.823. The molecule has 112 valence electrons. The van der Waals surface area contributed by atoms with Gasteiger partial charge in [-0.05, 0) is 18.6 Å². The van der Waals surface area contributed by atoms with Crippen molar-refractivity contribution >= 4 is 27.2 Å². The summed E-state index contributed by atoms with van der Waals surface area (Å²) in [7, 11) is -3.02. The molecule has 0 bridgehead atoms. The third kappa shape index (κ3) is 5.92. The number of carbonyl (C=O) groups is 1. The quantitative estimate of drug-likeness (QED) is 0.694. The van der Waals surface area contributed by atoms with Crippen molar-refractivity contribution < 1.29 is 18.3 Å². The molecule has 1 aromatic rings.